The molecular formula is C31H38BrN3O5S. The molecule has 0 heterocycles. The van der Waals surface area contributed by atoms with Gasteiger partial charge in [0.1, 0.15) is 18.3 Å². The van der Waals surface area contributed by atoms with Gasteiger partial charge in [0.05, 0.1) is 18.6 Å². The molecule has 1 atom stereocenters. The van der Waals surface area contributed by atoms with E-state index in [1.807, 2.05) is 82.3 Å². The quantitative estimate of drug-likeness (QED) is 0.294. The third-order valence-electron chi connectivity index (χ3n) is 6.15. The molecule has 0 aliphatic heterocycles. The van der Waals surface area contributed by atoms with Gasteiger partial charge in [0.15, 0.2) is 0 Å². The lowest BCUT2D eigenvalue weighted by Crippen LogP contribution is -2.56. The Kier molecular flexibility index (Phi) is 11.0. The number of benzene rings is 3. The van der Waals surface area contributed by atoms with Crippen molar-refractivity contribution in [1.29, 1.82) is 0 Å². The minimum absolute atomic E-state index is 0.113. The number of amides is 2. The van der Waals surface area contributed by atoms with Gasteiger partial charge in [0.2, 0.25) is 21.8 Å². The Morgan fingerprint density at radius 3 is 2.07 bits per heavy atom. The summed E-state index contributed by atoms with van der Waals surface area (Å²) in [5.41, 5.74) is 1.46. The van der Waals surface area contributed by atoms with Crippen LogP contribution in [0.15, 0.2) is 83.3 Å². The number of nitrogens with one attached hydrogen (secondary N) is 1. The number of carbonyl (C=O) groups excluding carboxylic acids is 2. The van der Waals surface area contributed by atoms with Crippen LogP contribution in [0.3, 0.4) is 0 Å². The van der Waals surface area contributed by atoms with E-state index < -0.39 is 34.1 Å². The molecule has 3 aromatic carbocycles. The molecule has 1 unspecified atom stereocenters. The zero-order valence-corrected chi connectivity index (χ0v) is 26.5. The number of ether oxygens (including phenoxy) is 1. The second-order valence-electron chi connectivity index (χ2n) is 10.8. The van der Waals surface area contributed by atoms with Crippen molar-refractivity contribution in [3.63, 3.8) is 0 Å². The summed E-state index contributed by atoms with van der Waals surface area (Å²) in [7, 11) is -3.85. The van der Waals surface area contributed by atoms with Gasteiger partial charge in [-0.15, -0.1) is 0 Å². The van der Waals surface area contributed by atoms with E-state index >= 15 is 0 Å². The highest BCUT2D eigenvalue weighted by Gasteiger charge is 2.34. The molecule has 8 nitrogen and oxygen atoms in total. The Morgan fingerprint density at radius 2 is 1.54 bits per heavy atom. The summed E-state index contributed by atoms with van der Waals surface area (Å²) in [4.78, 5) is 29.3. The predicted molar refractivity (Wildman–Crippen MR) is 166 cm³/mol. The van der Waals surface area contributed by atoms with Gasteiger partial charge in [-0.25, -0.2) is 8.42 Å². The second kappa shape index (κ2) is 14.0. The third kappa shape index (κ3) is 9.89. The van der Waals surface area contributed by atoms with Gasteiger partial charge >= 0.3 is 0 Å². The third-order valence-corrected chi connectivity index (χ3v) is 7.82. The van der Waals surface area contributed by atoms with E-state index in [0.717, 1.165) is 26.2 Å². The first-order chi connectivity index (χ1) is 19.3. The van der Waals surface area contributed by atoms with E-state index in [-0.39, 0.29) is 18.9 Å². The molecule has 0 aliphatic carbocycles. The van der Waals surface area contributed by atoms with Crippen molar-refractivity contribution in [1.82, 2.24) is 10.2 Å². The average Bonchev–Trinajstić information content (AvgIpc) is 2.90. The first-order valence-corrected chi connectivity index (χ1v) is 16.0. The summed E-state index contributed by atoms with van der Waals surface area (Å²) in [6.07, 6.45) is 1.32. The lowest BCUT2D eigenvalue weighted by molar-refractivity contribution is -0.140. The van der Waals surface area contributed by atoms with Gasteiger partial charge in [0.25, 0.3) is 0 Å². The van der Waals surface area contributed by atoms with Gasteiger partial charge in [-0.1, -0.05) is 58.4 Å². The van der Waals surface area contributed by atoms with E-state index in [9.17, 15) is 18.0 Å². The summed E-state index contributed by atoms with van der Waals surface area (Å²) < 4.78 is 33.3. The van der Waals surface area contributed by atoms with Crippen LogP contribution in [-0.2, 0) is 32.6 Å². The highest BCUT2D eigenvalue weighted by atomic mass is 79.9. The van der Waals surface area contributed by atoms with Crippen LogP contribution < -0.4 is 14.4 Å². The van der Waals surface area contributed by atoms with Crippen molar-refractivity contribution >= 4 is 43.5 Å². The molecule has 0 radical (unpaired) electrons. The lowest BCUT2D eigenvalue weighted by Gasteiger charge is -2.35. The van der Waals surface area contributed by atoms with Gasteiger partial charge in [-0.05, 0) is 75.2 Å². The Hall–Kier alpha value is -3.37. The predicted octanol–water partition coefficient (Wildman–Crippen LogP) is 5.17. The normalized spacial score (nSPS) is 12.3. The number of carbonyl (C=O) groups is 2. The Morgan fingerprint density at radius 1 is 0.927 bits per heavy atom. The molecule has 0 spiro atoms. The number of nitrogens with zero attached hydrogens (tertiary/aromatic N) is 2. The van der Waals surface area contributed by atoms with Crippen molar-refractivity contribution in [2.75, 3.05) is 23.7 Å². The average molecular weight is 645 g/mol. The smallest absolute Gasteiger partial charge is 0.244 e. The van der Waals surface area contributed by atoms with Crippen molar-refractivity contribution in [2.45, 2.75) is 52.2 Å². The number of sulfonamides is 1. The summed E-state index contributed by atoms with van der Waals surface area (Å²) in [6, 6.07) is 22.6. The molecule has 3 rings (SSSR count). The van der Waals surface area contributed by atoms with Crippen LogP contribution in [0.4, 0.5) is 5.69 Å². The van der Waals surface area contributed by atoms with Crippen molar-refractivity contribution in [3.05, 3.63) is 94.5 Å². The summed E-state index contributed by atoms with van der Waals surface area (Å²) >= 11 is 3.44. The molecule has 41 heavy (non-hydrogen) atoms. The number of rotatable bonds is 12. The zero-order chi connectivity index (χ0) is 30.2. The van der Waals surface area contributed by atoms with Crippen LogP contribution in [0.1, 0.15) is 38.8 Å². The Balaban J connectivity index is 2.04. The van der Waals surface area contributed by atoms with E-state index in [4.69, 9.17) is 4.74 Å². The molecule has 3 aromatic rings. The molecule has 0 aromatic heterocycles. The maximum absolute atomic E-state index is 14.1. The van der Waals surface area contributed by atoms with Crippen LogP contribution in [-0.4, -0.2) is 56.1 Å². The summed E-state index contributed by atoms with van der Waals surface area (Å²) in [5, 5.41) is 3.02. The van der Waals surface area contributed by atoms with Crippen molar-refractivity contribution in [2.24, 2.45) is 0 Å². The van der Waals surface area contributed by atoms with E-state index in [2.05, 4.69) is 21.2 Å². The summed E-state index contributed by atoms with van der Waals surface area (Å²) in [5.74, 6) is -0.231. The van der Waals surface area contributed by atoms with Gasteiger partial charge in [-0.3, -0.25) is 13.9 Å². The van der Waals surface area contributed by atoms with E-state index in [1.165, 1.54) is 4.90 Å². The molecule has 0 bridgehead atoms. The Bertz CT molecular complexity index is 1410. The largest absolute Gasteiger partial charge is 0.494 e. The van der Waals surface area contributed by atoms with Gasteiger partial charge in [-0.2, -0.15) is 0 Å². The molecule has 0 aliphatic rings. The van der Waals surface area contributed by atoms with Crippen LogP contribution >= 0.6 is 15.9 Å². The molecule has 220 valence electrons. The van der Waals surface area contributed by atoms with E-state index in [0.29, 0.717) is 18.0 Å². The van der Waals surface area contributed by atoms with Gasteiger partial charge in [0, 0.05) is 23.0 Å². The number of halogens is 1. The van der Waals surface area contributed by atoms with Crippen LogP contribution in [0.5, 0.6) is 5.75 Å². The van der Waals surface area contributed by atoms with E-state index in [1.54, 1.807) is 24.3 Å². The molecule has 0 fully saturated rings. The van der Waals surface area contributed by atoms with Crippen molar-refractivity contribution < 1.29 is 22.7 Å². The molecule has 2 amide bonds. The fourth-order valence-corrected chi connectivity index (χ4v) is 5.40. The highest BCUT2D eigenvalue weighted by Crippen LogP contribution is 2.24. The minimum Gasteiger partial charge on any atom is -0.494 e. The fraction of sp³-hybridized carbons (Fsp3) is 0.355. The molecule has 10 heteroatoms. The first-order valence-electron chi connectivity index (χ1n) is 13.4. The SMILES string of the molecule is CCOc1ccc(N(CC(=O)N(Cc2ccc(Br)cc2)C(Cc2ccccc2)C(=O)NC(C)(C)C)S(C)(=O)=O)cc1. The van der Waals surface area contributed by atoms with Crippen LogP contribution in [0.2, 0.25) is 0 Å². The minimum atomic E-state index is -3.85. The maximum atomic E-state index is 14.1. The van der Waals surface area contributed by atoms with Gasteiger partial charge < -0.3 is 15.0 Å². The monoisotopic (exact) mass is 643 g/mol. The molecule has 0 saturated carbocycles. The second-order valence-corrected chi connectivity index (χ2v) is 13.6. The zero-order valence-electron chi connectivity index (χ0n) is 24.1. The standard InChI is InChI=1S/C31H38BrN3O5S/c1-6-40-27-18-16-26(17-19-27)35(41(5,38)39)22-29(36)34(21-24-12-14-25(32)15-13-24)28(30(37)33-31(2,3)4)20-23-10-8-7-9-11-23/h7-19,28H,6,20-22H2,1-5H3,(H,33,37). The van der Waals surface area contributed by atoms with Crippen molar-refractivity contribution in [3.8, 4) is 5.75 Å². The fourth-order valence-electron chi connectivity index (χ4n) is 4.28. The first kappa shape index (κ1) is 32.1. The number of hydrogen-bond donors (Lipinski definition) is 1. The molecule has 0 saturated heterocycles. The molecule has 1 N–H and O–H groups in total. The summed E-state index contributed by atoms with van der Waals surface area (Å²) in [6.45, 7) is 7.60. The topological polar surface area (TPSA) is 96.0 Å². The maximum Gasteiger partial charge on any atom is 0.244 e. The number of anilines is 1. The highest BCUT2D eigenvalue weighted by molar-refractivity contribution is 9.10. The lowest BCUT2D eigenvalue weighted by atomic mass is 10.0. The molecular weight excluding hydrogens is 606 g/mol. The van der Waals surface area contributed by atoms with Crippen LogP contribution in [0, 0.1) is 0 Å². The van der Waals surface area contributed by atoms with Crippen LogP contribution in [0.25, 0.3) is 0 Å². The Labute approximate surface area is 251 Å². The number of hydrogen-bond acceptors (Lipinski definition) is 5.